The number of hydrogen-bond acceptors (Lipinski definition) is 5. The molecule has 0 radical (unpaired) electrons. The maximum absolute atomic E-state index is 5.33. The van der Waals surface area contributed by atoms with E-state index >= 15 is 0 Å². The lowest BCUT2D eigenvalue weighted by atomic mass is 10.2. The van der Waals surface area contributed by atoms with Gasteiger partial charge in [0.15, 0.2) is 11.5 Å². The van der Waals surface area contributed by atoms with Gasteiger partial charge in [-0.15, -0.1) is 0 Å². The van der Waals surface area contributed by atoms with E-state index in [4.69, 9.17) is 9.47 Å². The summed E-state index contributed by atoms with van der Waals surface area (Å²) in [6.07, 6.45) is 0. The Balaban J connectivity index is 2.68. The smallest absolute Gasteiger partial charge is 0.162 e. The van der Waals surface area contributed by atoms with E-state index in [0.717, 1.165) is 22.5 Å². The molecule has 0 spiro atoms. The van der Waals surface area contributed by atoms with E-state index in [0.29, 0.717) is 17.5 Å². The van der Waals surface area contributed by atoms with Crippen LogP contribution in [-0.2, 0) is 0 Å². The fraction of sp³-hybridized carbons (Fsp3) is 0.429. The van der Waals surface area contributed by atoms with Crippen LogP contribution in [0, 0.1) is 6.92 Å². The first-order chi connectivity index (χ1) is 9.05. The molecule has 19 heavy (non-hydrogen) atoms. The molecule has 0 amide bonds. The van der Waals surface area contributed by atoms with E-state index in [2.05, 4.69) is 29.1 Å². The molecule has 0 aliphatic rings. The highest BCUT2D eigenvalue weighted by Gasteiger charge is 2.12. The average Bonchev–Trinajstić information content (AvgIpc) is 2.36. The minimum absolute atomic E-state index is 0.297. The van der Waals surface area contributed by atoms with E-state index in [1.54, 1.807) is 14.2 Å². The van der Waals surface area contributed by atoms with Crippen molar-refractivity contribution in [2.24, 2.45) is 0 Å². The van der Waals surface area contributed by atoms with Crippen molar-refractivity contribution in [2.75, 3.05) is 19.5 Å². The van der Waals surface area contributed by atoms with Crippen LogP contribution < -0.4 is 14.8 Å². The molecule has 1 aromatic heterocycles. The second kappa shape index (κ2) is 5.30. The summed E-state index contributed by atoms with van der Waals surface area (Å²) in [6.45, 7) is 6.02. The summed E-state index contributed by atoms with van der Waals surface area (Å²) in [5.74, 6) is 2.89. The first-order valence-corrected chi connectivity index (χ1v) is 6.22. The molecule has 5 heteroatoms. The molecule has 102 valence electrons. The molecule has 1 aromatic carbocycles. The van der Waals surface area contributed by atoms with Crippen molar-refractivity contribution in [3.63, 3.8) is 0 Å². The van der Waals surface area contributed by atoms with Crippen LogP contribution in [0.1, 0.15) is 19.7 Å². The molecular formula is C14H19N3O2. The monoisotopic (exact) mass is 261 g/mol. The first-order valence-electron chi connectivity index (χ1n) is 6.22. The lowest BCUT2D eigenvalue weighted by Gasteiger charge is -2.14. The van der Waals surface area contributed by atoms with E-state index in [1.165, 1.54) is 0 Å². The van der Waals surface area contributed by atoms with E-state index in [-0.39, 0.29) is 0 Å². The van der Waals surface area contributed by atoms with Gasteiger partial charge in [0.05, 0.1) is 19.7 Å². The van der Waals surface area contributed by atoms with Crippen molar-refractivity contribution in [1.29, 1.82) is 0 Å². The topological polar surface area (TPSA) is 56.3 Å². The molecule has 0 aliphatic heterocycles. The molecule has 0 atom stereocenters. The molecule has 5 nitrogen and oxygen atoms in total. The number of fused-ring (bicyclic) bond motifs is 1. The largest absolute Gasteiger partial charge is 0.493 e. The van der Waals surface area contributed by atoms with E-state index < -0.39 is 0 Å². The summed E-state index contributed by atoms with van der Waals surface area (Å²) in [5, 5.41) is 4.26. The molecule has 1 N–H and O–H groups in total. The Kier molecular flexibility index (Phi) is 3.74. The Hall–Kier alpha value is -2.04. The molecule has 2 rings (SSSR count). The highest BCUT2D eigenvalue weighted by Crippen LogP contribution is 2.34. The van der Waals surface area contributed by atoms with Gasteiger partial charge in [0.25, 0.3) is 0 Å². The van der Waals surface area contributed by atoms with Gasteiger partial charge in [-0.2, -0.15) is 0 Å². The quantitative estimate of drug-likeness (QED) is 0.917. The van der Waals surface area contributed by atoms with Gasteiger partial charge in [0, 0.05) is 17.5 Å². The summed E-state index contributed by atoms with van der Waals surface area (Å²) < 4.78 is 10.6. The maximum Gasteiger partial charge on any atom is 0.162 e. The number of ether oxygens (including phenoxy) is 2. The number of aryl methyl sites for hydroxylation is 1. The van der Waals surface area contributed by atoms with Crippen molar-refractivity contribution in [2.45, 2.75) is 26.8 Å². The molecule has 1 heterocycles. The standard InChI is InChI=1S/C14H19N3O2/c1-8(2)15-14-10-6-12(18-4)13(19-5)7-11(10)16-9(3)17-14/h6-8H,1-5H3,(H,15,16,17). The Morgan fingerprint density at radius 2 is 1.68 bits per heavy atom. The zero-order valence-electron chi connectivity index (χ0n) is 11.9. The van der Waals surface area contributed by atoms with Crippen LogP contribution in [0.5, 0.6) is 11.5 Å². The first kappa shape index (κ1) is 13.4. The van der Waals surface area contributed by atoms with Crippen LogP contribution in [0.4, 0.5) is 5.82 Å². The van der Waals surface area contributed by atoms with Crippen molar-refractivity contribution < 1.29 is 9.47 Å². The predicted molar refractivity (Wildman–Crippen MR) is 76.1 cm³/mol. The zero-order valence-corrected chi connectivity index (χ0v) is 11.9. The summed E-state index contributed by atoms with van der Waals surface area (Å²) >= 11 is 0. The highest BCUT2D eigenvalue weighted by atomic mass is 16.5. The number of nitrogens with zero attached hydrogens (tertiary/aromatic N) is 2. The summed E-state index contributed by atoms with van der Waals surface area (Å²) in [5.41, 5.74) is 0.841. The van der Waals surface area contributed by atoms with Crippen molar-refractivity contribution in [1.82, 2.24) is 9.97 Å². The van der Waals surface area contributed by atoms with Gasteiger partial charge in [-0.3, -0.25) is 0 Å². The Bertz CT molecular complexity index is 597. The van der Waals surface area contributed by atoms with Gasteiger partial charge in [0.1, 0.15) is 11.6 Å². The number of nitrogens with one attached hydrogen (secondary N) is 1. The van der Waals surface area contributed by atoms with Gasteiger partial charge in [0.2, 0.25) is 0 Å². The van der Waals surface area contributed by atoms with Gasteiger partial charge < -0.3 is 14.8 Å². The Morgan fingerprint density at radius 3 is 2.26 bits per heavy atom. The maximum atomic E-state index is 5.33. The summed E-state index contributed by atoms with van der Waals surface area (Å²) in [7, 11) is 3.24. The number of anilines is 1. The van der Waals surface area contributed by atoms with Gasteiger partial charge in [-0.05, 0) is 26.8 Å². The van der Waals surface area contributed by atoms with Crippen molar-refractivity contribution in [3.05, 3.63) is 18.0 Å². The minimum Gasteiger partial charge on any atom is -0.493 e. The number of aromatic nitrogens is 2. The van der Waals surface area contributed by atoms with Crippen LogP contribution >= 0.6 is 0 Å². The molecule has 0 aliphatic carbocycles. The van der Waals surface area contributed by atoms with Crippen LogP contribution in [0.15, 0.2) is 12.1 Å². The normalized spacial score (nSPS) is 10.8. The average molecular weight is 261 g/mol. The minimum atomic E-state index is 0.297. The second-order valence-electron chi connectivity index (χ2n) is 4.64. The van der Waals surface area contributed by atoms with Gasteiger partial charge in [-0.1, -0.05) is 0 Å². The molecule has 0 unspecified atom stereocenters. The lowest BCUT2D eigenvalue weighted by molar-refractivity contribution is 0.356. The molecule has 0 saturated heterocycles. The zero-order chi connectivity index (χ0) is 14.0. The SMILES string of the molecule is COc1cc2nc(C)nc(NC(C)C)c2cc1OC. The van der Waals surface area contributed by atoms with Crippen LogP contribution in [0.3, 0.4) is 0 Å². The third-order valence-electron chi connectivity index (χ3n) is 2.74. The lowest BCUT2D eigenvalue weighted by Crippen LogP contribution is -2.12. The fourth-order valence-corrected chi connectivity index (χ4v) is 1.96. The van der Waals surface area contributed by atoms with E-state index in [9.17, 15) is 0 Å². The Labute approximate surface area is 113 Å². The van der Waals surface area contributed by atoms with Crippen LogP contribution in [0.25, 0.3) is 10.9 Å². The molecular weight excluding hydrogens is 242 g/mol. The van der Waals surface area contributed by atoms with Gasteiger partial charge in [-0.25, -0.2) is 9.97 Å². The number of methoxy groups -OCH3 is 2. The van der Waals surface area contributed by atoms with Crippen LogP contribution in [-0.4, -0.2) is 30.2 Å². The molecule has 0 saturated carbocycles. The predicted octanol–water partition coefficient (Wildman–Crippen LogP) is 2.78. The Morgan fingerprint density at radius 1 is 1.05 bits per heavy atom. The van der Waals surface area contributed by atoms with Gasteiger partial charge >= 0.3 is 0 Å². The summed E-state index contributed by atoms with van der Waals surface area (Å²) in [6, 6.07) is 4.07. The molecule has 2 aromatic rings. The second-order valence-corrected chi connectivity index (χ2v) is 4.64. The molecule has 0 fully saturated rings. The number of hydrogen-bond donors (Lipinski definition) is 1. The molecule has 0 bridgehead atoms. The summed E-state index contributed by atoms with van der Waals surface area (Å²) in [4.78, 5) is 8.89. The number of benzene rings is 1. The highest BCUT2D eigenvalue weighted by molar-refractivity contribution is 5.91. The van der Waals surface area contributed by atoms with Crippen molar-refractivity contribution >= 4 is 16.7 Å². The fourth-order valence-electron chi connectivity index (χ4n) is 1.96. The van der Waals surface area contributed by atoms with E-state index in [1.807, 2.05) is 19.1 Å². The number of rotatable bonds is 4. The third-order valence-corrected chi connectivity index (χ3v) is 2.74. The third kappa shape index (κ3) is 2.70. The van der Waals surface area contributed by atoms with Crippen LogP contribution in [0.2, 0.25) is 0 Å². The van der Waals surface area contributed by atoms with Crippen molar-refractivity contribution in [3.8, 4) is 11.5 Å².